The van der Waals surface area contributed by atoms with E-state index in [9.17, 15) is 9.59 Å². The molecule has 4 nitrogen and oxygen atoms in total. The lowest BCUT2D eigenvalue weighted by atomic mass is 10.0. The molecule has 1 saturated heterocycles. The van der Waals surface area contributed by atoms with Gasteiger partial charge in [0, 0.05) is 29.0 Å². The number of carbonyl (C=O) groups excluding carboxylic acids is 2. The van der Waals surface area contributed by atoms with Crippen molar-refractivity contribution in [2.75, 3.05) is 6.54 Å². The molecule has 1 fully saturated rings. The minimum absolute atomic E-state index is 0.0951. The maximum absolute atomic E-state index is 12.5. The van der Waals surface area contributed by atoms with Gasteiger partial charge in [0.05, 0.1) is 0 Å². The molecular weight excluding hydrogens is 344 g/mol. The molecule has 0 aromatic heterocycles. The van der Waals surface area contributed by atoms with Crippen LogP contribution >= 0.6 is 27.5 Å². The second-order valence-corrected chi connectivity index (χ2v) is 6.71. The van der Waals surface area contributed by atoms with Crippen molar-refractivity contribution in [1.29, 1.82) is 0 Å². The smallest absolute Gasteiger partial charge is 0.248 e. The van der Waals surface area contributed by atoms with E-state index in [1.54, 1.807) is 24.8 Å². The summed E-state index contributed by atoms with van der Waals surface area (Å²) >= 11 is 9.54. The van der Waals surface area contributed by atoms with Gasteiger partial charge in [0.1, 0.15) is 5.54 Å². The van der Waals surface area contributed by atoms with Crippen LogP contribution in [0.5, 0.6) is 0 Å². The monoisotopic (exact) mass is 358 g/mol. The van der Waals surface area contributed by atoms with Gasteiger partial charge in [-0.15, -0.1) is 0 Å². The highest BCUT2D eigenvalue weighted by Gasteiger charge is 2.36. The largest absolute Gasteiger partial charge is 0.342 e. The number of rotatable bonds is 2. The molecule has 0 aliphatic carbocycles. The Hall–Kier alpha value is -1.07. The fourth-order valence-electron chi connectivity index (χ4n) is 2.20. The number of nitrogens with one attached hydrogen (secondary N) is 1. The van der Waals surface area contributed by atoms with Gasteiger partial charge in [0.25, 0.3) is 0 Å². The quantitative estimate of drug-likeness (QED) is 0.882. The minimum atomic E-state index is -0.880. The molecule has 20 heavy (non-hydrogen) atoms. The third kappa shape index (κ3) is 3.33. The molecule has 1 aliphatic rings. The van der Waals surface area contributed by atoms with Crippen molar-refractivity contribution in [1.82, 2.24) is 10.2 Å². The number of hydrogen-bond acceptors (Lipinski definition) is 2. The molecule has 6 heteroatoms. The first kappa shape index (κ1) is 15.3. The topological polar surface area (TPSA) is 49.4 Å². The Balaban J connectivity index is 2.23. The first-order valence-corrected chi connectivity index (χ1v) is 7.51. The van der Waals surface area contributed by atoms with Crippen LogP contribution in [0.25, 0.3) is 0 Å². The summed E-state index contributed by atoms with van der Waals surface area (Å²) in [6.07, 6.45) is 0.309. The number of nitrogens with zero attached hydrogens (tertiary/aromatic N) is 1. The summed E-state index contributed by atoms with van der Waals surface area (Å²) in [5.41, 5.74) is -0.0107. The van der Waals surface area contributed by atoms with Crippen molar-refractivity contribution >= 4 is 39.3 Å². The Kier molecular flexibility index (Phi) is 4.39. The van der Waals surface area contributed by atoms with Crippen molar-refractivity contribution in [3.63, 3.8) is 0 Å². The lowest BCUT2D eigenvalue weighted by Gasteiger charge is -2.29. The Morgan fingerprint density at radius 1 is 1.40 bits per heavy atom. The normalized spacial score (nSPS) is 18.7. The zero-order chi connectivity index (χ0) is 14.9. The molecule has 0 radical (unpaired) electrons. The van der Waals surface area contributed by atoms with Crippen LogP contribution in [0.15, 0.2) is 22.7 Å². The third-order valence-electron chi connectivity index (χ3n) is 3.26. The highest BCUT2D eigenvalue weighted by Crippen LogP contribution is 2.24. The lowest BCUT2D eigenvalue weighted by Crippen LogP contribution is -2.52. The highest BCUT2D eigenvalue weighted by atomic mass is 79.9. The summed E-state index contributed by atoms with van der Waals surface area (Å²) in [5, 5.41) is 3.34. The standard InChI is InChI=1S/C14H16BrClN2O2/c1-14(2)13(20)18(6-5-12(19)17-14)8-9-3-4-10(15)7-11(9)16/h3-4,7H,5-6,8H2,1-2H3,(H,17,19). The Labute approximate surface area is 131 Å². The maximum atomic E-state index is 12.5. The van der Waals surface area contributed by atoms with Crippen LogP contribution in [-0.2, 0) is 16.1 Å². The fraction of sp³-hybridized carbons (Fsp3) is 0.429. The Morgan fingerprint density at radius 2 is 2.10 bits per heavy atom. The summed E-state index contributed by atoms with van der Waals surface area (Å²) < 4.78 is 0.894. The van der Waals surface area contributed by atoms with E-state index in [1.807, 2.05) is 12.1 Å². The minimum Gasteiger partial charge on any atom is -0.342 e. The molecular formula is C14H16BrClN2O2. The zero-order valence-electron chi connectivity index (χ0n) is 11.4. The van der Waals surface area contributed by atoms with Crippen LogP contribution in [-0.4, -0.2) is 28.8 Å². The summed E-state index contributed by atoms with van der Waals surface area (Å²) in [5.74, 6) is -0.199. The van der Waals surface area contributed by atoms with E-state index >= 15 is 0 Å². The van der Waals surface area contributed by atoms with E-state index in [0.717, 1.165) is 10.0 Å². The van der Waals surface area contributed by atoms with Crippen LogP contribution in [0.4, 0.5) is 0 Å². The van der Waals surface area contributed by atoms with Gasteiger partial charge in [0.2, 0.25) is 11.8 Å². The van der Waals surface area contributed by atoms with Gasteiger partial charge in [-0.1, -0.05) is 33.6 Å². The van der Waals surface area contributed by atoms with Gasteiger partial charge in [-0.05, 0) is 31.5 Å². The fourth-order valence-corrected chi connectivity index (χ4v) is 2.94. The number of hydrogen-bond donors (Lipinski definition) is 1. The molecule has 1 aliphatic heterocycles. The Morgan fingerprint density at radius 3 is 2.75 bits per heavy atom. The van der Waals surface area contributed by atoms with Crippen LogP contribution in [0, 0.1) is 0 Å². The number of benzene rings is 1. The summed E-state index contributed by atoms with van der Waals surface area (Å²) in [7, 11) is 0. The van der Waals surface area contributed by atoms with E-state index in [2.05, 4.69) is 21.2 Å². The predicted octanol–water partition coefficient (Wildman–Crippen LogP) is 2.73. The van der Waals surface area contributed by atoms with Crippen LogP contribution in [0.1, 0.15) is 25.8 Å². The summed E-state index contributed by atoms with van der Waals surface area (Å²) in [6.45, 7) is 4.24. The first-order valence-electron chi connectivity index (χ1n) is 6.34. The van der Waals surface area contributed by atoms with Gasteiger partial charge >= 0.3 is 0 Å². The van der Waals surface area contributed by atoms with Gasteiger partial charge in [-0.2, -0.15) is 0 Å². The molecule has 2 amide bonds. The van der Waals surface area contributed by atoms with Crippen molar-refractivity contribution in [2.45, 2.75) is 32.4 Å². The van der Waals surface area contributed by atoms with Crippen molar-refractivity contribution in [3.05, 3.63) is 33.3 Å². The molecule has 2 rings (SSSR count). The van der Waals surface area contributed by atoms with Crippen molar-refractivity contribution in [2.24, 2.45) is 0 Å². The maximum Gasteiger partial charge on any atom is 0.248 e. The van der Waals surface area contributed by atoms with Gasteiger partial charge in [-0.25, -0.2) is 0 Å². The lowest BCUT2D eigenvalue weighted by molar-refractivity contribution is -0.137. The first-order chi connectivity index (χ1) is 9.29. The summed E-state index contributed by atoms with van der Waals surface area (Å²) in [6, 6.07) is 5.57. The number of carbonyl (C=O) groups is 2. The molecule has 1 aromatic carbocycles. The zero-order valence-corrected chi connectivity index (χ0v) is 13.7. The van der Waals surface area contributed by atoms with E-state index in [-0.39, 0.29) is 11.8 Å². The van der Waals surface area contributed by atoms with Crippen molar-refractivity contribution < 1.29 is 9.59 Å². The average Bonchev–Trinajstić information content (AvgIpc) is 2.43. The average molecular weight is 360 g/mol. The van der Waals surface area contributed by atoms with Crippen molar-refractivity contribution in [3.8, 4) is 0 Å². The second-order valence-electron chi connectivity index (χ2n) is 5.39. The predicted molar refractivity (Wildman–Crippen MR) is 81.4 cm³/mol. The van der Waals surface area contributed by atoms with Crippen LogP contribution in [0.2, 0.25) is 5.02 Å². The molecule has 0 saturated carbocycles. The van der Waals surface area contributed by atoms with Crippen LogP contribution < -0.4 is 5.32 Å². The van der Waals surface area contributed by atoms with Crippen LogP contribution in [0.3, 0.4) is 0 Å². The molecule has 0 bridgehead atoms. The van der Waals surface area contributed by atoms with Gasteiger partial charge in [-0.3, -0.25) is 9.59 Å². The van der Waals surface area contributed by atoms with E-state index < -0.39 is 5.54 Å². The Bertz CT molecular complexity index is 560. The highest BCUT2D eigenvalue weighted by molar-refractivity contribution is 9.10. The van der Waals surface area contributed by atoms with E-state index in [1.165, 1.54) is 0 Å². The molecule has 0 spiro atoms. The third-order valence-corrected chi connectivity index (χ3v) is 4.10. The number of amides is 2. The second kappa shape index (κ2) is 5.74. The van der Waals surface area contributed by atoms with E-state index in [0.29, 0.717) is 24.5 Å². The summed E-state index contributed by atoms with van der Waals surface area (Å²) in [4.78, 5) is 25.8. The van der Waals surface area contributed by atoms with Gasteiger partial charge < -0.3 is 10.2 Å². The SMILES string of the molecule is CC1(C)NC(=O)CCN(Cc2ccc(Br)cc2Cl)C1=O. The molecule has 108 valence electrons. The molecule has 1 aromatic rings. The molecule has 1 N–H and O–H groups in total. The van der Waals surface area contributed by atoms with E-state index in [4.69, 9.17) is 11.6 Å². The molecule has 0 unspecified atom stereocenters. The van der Waals surface area contributed by atoms with Gasteiger partial charge in [0.15, 0.2) is 0 Å². The molecule has 0 atom stereocenters. The molecule has 1 heterocycles. The number of halogens is 2.